The van der Waals surface area contributed by atoms with Crippen molar-refractivity contribution in [2.24, 2.45) is 10.7 Å². The van der Waals surface area contributed by atoms with Crippen LogP contribution in [0.1, 0.15) is 20.3 Å². The summed E-state index contributed by atoms with van der Waals surface area (Å²) in [5.74, 6) is 1.32. The molecule has 7 heteroatoms. The Hall–Kier alpha value is -1.06. The smallest absolute Gasteiger partial charge is 0.193 e. The van der Waals surface area contributed by atoms with E-state index in [0.717, 1.165) is 44.2 Å². The number of nitrogens with two attached hydrogens (primary N) is 1. The molecule has 25 heavy (non-hydrogen) atoms. The maximum atomic E-state index is 5.97. The molecular weight excluding hydrogens is 429 g/mol. The van der Waals surface area contributed by atoms with Gasteiger partial charge in [0.2, 0.25) is 0 Å². The number of anilines is 1. The fourth-order valence-electron chi connectivity index (χ4n) is 2.71. The fraction of sp³-hybridized carbons (Fsp3) is 0.611. The first kappa shape index (κ1) is 22.0. The van der Waals surface area contributed by atoms with E-state index < -0.39 is 0 Å². The van der Waals surface area contributed by atoms with Gasteiger partial charge in [-0.15, -0.1) is 24.0 Å². The highest BCUT2D eigenvalue weighted by atomic mass is 127. The average Bonchev–Trinajstić information content (AvgIpc) is 2.73. The lowest BCUT2D eigenvalue weighted by atomic mass is 10.3. The molecule has 6 nitrogen and oxygen atoms in total. The van der Waals surface area contributed by atoms with E-state index in [4.69, 9.17) is 10.5 Å². The van der Waals surface area contributed by atoms with E-state index in [0.29, 0.717) is 5.96 Å². The van der Waals surface area contributed by atoms with Crippen molar-refractivity contribution < 1.29 is 4.74 Å². The summed E-state index contributed by atoms with van der Waals surface area (Å²) in [6.45, 7) is 10.3. The van der Waals surface area contributed by atoms with Gasteiger partial charge in [0, 0.05) is 25.3 Å². The third-order valence-corrected chi connectivity index (χ3v) is 4.01. The fourth-order valence-corrected chi connectivity index (χ4v) is 2.71. The van der Waals surface area contributed by atoms with Crippen LogP contribution in [0.25, 0.3) is 0 Å². The molecule has 1 aliphatic heterocycles. The third kappa shape index (κ3) is 8.73. The number of guanidine groups is 1. The summed E-state index contributed by atoms with van der Waals surface area (Å²) in [5, 5.41) is 3.13. The minimum absolute atomic E-state index is 0. The second-order valence-electron chi connectivity index (χ2n) is 6.58. The highest BCUT2D eigenvalue weighted by molar-refractivity contribution is 14.0. The van der Waals surface area contributed by atoms with Crippen LogP contribution in [0, 0.1) is 0 Å². The average molecular weight is 461 g/mol. The lowest BCUT2D eigenvalue weighted by Gasteiger charge is -2.18. The molecule has 0 atom stereocenters. The summed E-state index contributed by atoms with van der Waals surface area (Å²) in [6.07, 6.45) is 1.40. The number of aliphatic imine (C=N–C) groups is 1. The highest BCUT2D eigenvalue weighted by Crippen LogP contribution is 2.16. The second kappa shape index (κ2) is 11.5. The quantitative estimate of drug-likeness (QED) is 0.387. The number of benzene rings is 1. The van der Waals surface area contributed by atoms with Crippen LogP contribution in [0.2, 0.25) is 0 Å². The molecular formula is C18H32IN5O. The number of hydrogen-bond donors (Lipinski definition) is 2. The number of nitrogens with zero attached hydrogens (tertiary/aromatic N) is 3. The van der Waals surface area contributed by atoms with Gasteiger partial charge in [0.1, 0.15) is 5.75 Å². The zero-order chi connectivity index (χ0) is 17.4. The molecule has 142 valence electrons. The Kier molecular flexibility index (Phi) is 10.1. The van der Waals surface area contributed by atoms with Crippen LogP contribution in [0.3, 0.4) is 0 Å². The van der Waals surface area contributed by atoms with E-state index in [9.17, 15) is 0 Å². The van der Waals surface area contributed by atoms with Gasteiger partial charge in [-0.1, -0.05) is 0 Å². The van der Waals surface area contributed by atoms with Crippen LogP contribution < -0.4 is 15.8 Å². The molecule has 1 aromatic carbocycles. The molecule has 1 aliphatic rings. The summed E-state index contributed by atoms with van der Waals surface area (Å²) in [6, 6.07) is 7.77. The number of likely N-dealkylation sites (N-methyl/N-ethyl adjacent to an activating group) is 1. The maximum Gasteiger partial charge on any atom is 0.193 e. The van der Waals surface area contributed by atoms with Gasteiger partial charge >= 0.3 is 0 Å². The Morgan fingerprint density at radius 2 is 1.92 bits per heavy atom. The maximum absolute atomic E-state index is 5.97. The first-order chi connectivity index (χ1) is 11.5. The van der Waals surface area contributed by atoms with Crippen molar-refractivity contribution in [3.63, 3.8) is 0 Å². The van der Waals surface area contributed by atoms with Crippen molar-refractivity contribution in [3.05, 3.63) is 24.3 Å². The lowest BCUT2D eigenvalue weighted by molar-refractivity contribution is 0.242. The third-order valence-electron chi connectivity index (χ3n) is 4.01. The normalized spacial score (nSPS) is 17.0. The summed E-state index contributed by atoms with van der Waals surface area (Å²) in [5.41, 5.74) is 6.89. The molecule has 1 aromatic rings. The molecule has 0 spiro atoms. The number of nitrogens with one attached hydrogen (secondary N) is 1. The van der Waals surface area contributed by atoms with Gasteiger partial charge < -0.3 is 25.6 Å². The lowest BCUT2D eigenvalue weighted by Crippen LogP contribution is -2.32. The minimum Gasteiger partial charge on any atom is -0.491 e. The van der Waals surface area contributed by atoms with E-state index in [1.807, 2.05) is 38.1 Å². The molecule has 0 saturated carbocycles. The number of hydrogen-bond acceptors (Lipinski definition) is 4. The van der Waals surface area contributed by atoms with Crippen LogP contribution in [-0.2, 0) is 0 Å². The first-order valence-electron chi connectivity index (χ1n) is 8.77. The van der Waals surface area contributed by atoms with Gasteiger partial charge in [0.25, 0.3) is 0 Å². The molecule has 0 bridgehead atoms. The molecule has 0 radical (unpaired) electrons. The SMILES string of the molecule is CC(C)Oc1ccc(NC(N)=NCCN2CCCN(C)CC2)cc1.I. The van der Waals surface area contributed by atoms with Gasteiger partial charge in [-0.3, -0.25) is 4.99 Å². The second-order valence-corrected chi connectivity index (χ2v) is 6.58. The van der Waals surface area contributed by atoms with Crippen molar-refractivity contribution in [1.82, 2.24) is 9.80 Å². The molecule has 0 amide bonds. The van der Waals surface area contributed by atoms with Crippen LogP contribution in [0.5, 0.6) is 5.75 Å². The molecule has 0 aliphatic carbocycles. The standard InChI is InChI=1S/C18H31N5O.HI/c1-15(2)24-17-7-5-16(6-8-17)21-18(19)20-9-12-23-11-4-10-22(3)13-14-23;/h5-8,15H,4,9-14H2,1-3H3,(H3,19,20,21);1H. The van der Waals surface area contributed by atoms with E-state index in [1.54, 1.807) is 0 Å². The predicted octanol–water partition coefficient (Wildman–Crippen LogP) is 2.46. The zero-order valence-electron chi connectivity index (χ0n) is 15.6. The van der Waals surface area contributed by atoms with Crippen molar-refractivity contribution in [1.29, 1.82) is 0 Å². The minimum atomic E-state index is 0. The summed E-state index contributed by atoms with van der Waals surface area (Å²) >= 11 is 0. The Bertz CT molecular complexity index is 521. The van der Waals surface area contributed by atoms with E-state index in [2.05, 4.69) is 27.2 Å². The van der Waals surface area contributed by atoms with E-state index in [-0.39, 0.29) is 30.1 Å². The number of halogens is 1. The van der Waals surface area contributed by atoms with Crippen LogP contribution in [0.4, 0.5) is 5.69 Å². The van der Waals surface area contributed by atoms with Crippen molar-refractivity contribution in [2.45, 2.75) is 26.4 Å². The van der Waals surface area contributed by atoms with Crippen LogP contribution in [0.15, 0.2) is 29.3 Å². The molecule has 0 unspecified atom stereocenters. The predicted molar refractivity (Wildman–Crippen MR) is 116 cm³/mol. The Balaban J connectivity index is 0.00000312. The van der Waals surface area contributed by atoms with Gasteiger partial charge in [0.15, 0.2) is 5.96 Å². The monoisotopic (exact) mass is 461 g/mol. The van der Waals surface area contributed by atoms with Gasteiger partial charge in [-0.05, 0) is 64.7 Å². The van der Waals surface area contributed by atoms with Gasteiger partial charge in [0.05, 0.1) is 12.6 Å². The van der Waals surface area contributed by atoms with Crippen molar-refractivity contribution >= 4 is 35.6 Å². The number of rotatable bonds is 6. The molecule has 0 aromatic heterocycles. The zero-order valence-corrected chi connectivity index (χ0v) is 17.9. The Morgan fingerprint density at radius 1 is 1.20 bits per heavy atom. The first-order valence-corrected chi connectivity index (χ1v) is 8.77. The summed E-state index contributed by atoms with van der Waals surface area (Å²) < 4.78 is 5.63. The molecule has 3 N–H and O–H groups in total. The Labute approximate surface area is 168 Å². The molecule has 1 saturated heterocycles. The van der Waals surface area contributed by atoms with E-state index >= 15 is 0 Å². The molecule has 1 heterocycles. The number of ether oxygens (including phenoxy) is 1. The van der Waals surface area contributed by atoms with Gasteiger partial charge in [-0.2, -0.15) is 0 Å². The largest absolute Gasteiger partial charge is 0.491 e. The summed E-state index contributed by atoms with van der Waals surface area (Å²) in [4.78, 5) is 9.27. The molecule has 1 fully saturated rings. The van der Waals surface area contributed by atoms with Gasteiger partial charge in [-0.25, -0.2) is 0 Å². The van der Waals surface area contributed by atoms with E-state index in [1.165, 1.54) is 13.0 Å². The molecule has 2 rings (SSSR count). The van der Waals surface area contributed by atoms with Crippen molar-refractivity contribution in [3.8, 4) is 5.75 Å². The summed E-state index contributed by atoms with van der Waals surface area (Å²) in [7, 11) is 2.18. The highest BCUT2D eigenvalue weighted by Gasteiger charge is 2.11. The topological polar surface area (TPSA) is 66.1 Å². The van der Waals surface area contributed by atoms with Crippen molar-refractivity contribution in [2.75, 3.05) is 51.6 Å². The van der Waals surface area contributed by atoms with Crippen LogP contribution in [-0.4, -0.2) is 68.2 Å². The van der Waals surface area contributed by atoms with Crippen LogP contribution >= 0.6 is 24.0 Å². The Morgan fingerprint density at radius 3 is 2.60 bits per heavy atom.